The van der Waals surface area contributed by atoms with Crippen LogP contribution >= 0.6 is 11.6 Å². The molecule has 1 saturated heterocycles. The number of carbonyl (C=O) groups excluding carboxylic acids is 2. The molecule has 2 aliphatic rings. The Balaban J connectivity index is 1.65. The number of halogens is 1. The summed E-state index contributed by atoms with van der Waals surface area (Å²) in [5.41, 5.74) is 1.25. The normalized spacial score (nSPS) is 17.3. The lowest BCUT2D eigenvalue weighted by Crippen LogP contribution is -2.51. The van der Waals surface area contributed by atoms with Crippen LogP contribution in [0.4, 0.5) is 4.79 Å². The Hall–Kier alpha value is -3.04. The van der Waals surface area contributed by atoms with E-state index in [-0.39, 0.29) is 22.3 Å². The average Bonchev–Trinajstić information content (AvgIpc) is 3.09. The van der Waals surface area contributed by atoms with Gasteiger partial charge in [-0.15, -0.1) is 0 Å². The number of piperidine rings is 1. The highest BCUT2D eigenvalue weighted by Gasteiger charge is 2.51. The van der Waals surface area contributed by atoms with Crippen LogP contribution in [0.2, 0.25) is 5.02 Å². The maximum absolute atomic E-state index is 13.0. The first-order valence-corrected chi connectivity index (χ1v) is 14.5. The van der Waals surface area contributed by atoms with Gasteiger partial charge in [-0.1, -0.05) is 23.7 Å². The smallest absolute Gasteiger partial charge is 0.343 e. The molecule has 2 aromatic rings. The van der Waals surface area contributed by atoms with E-state index in [9.17, 15) is 23.1 Å². The summed E-state index contributed by atoms with van der Waals surface area (Å²) >= 11 is 6.61. The van der Waals surface area contributed by atoms with Crippen LogP contribution in [0, 0.1) is 6.92 Å². The van der Waals surface area contributed by atoms with E-state index in [1.54, 1.807) is 47.1 Å². The second-order valence-corrected chi connectivity index (χ2v) is 11.9. The molecule has 0 aliphatic carbocycles. The minimum absolute atomic E-state index is 0.0639. The minimum Gasteiger partial charge on any atom is -0.507 e. The molecule has 0 bridgehead atoms. The highest BCUT2D eigenvalue weighted by molar-refractivity contribution is 7.90. The van der Waals surface area contributed by atoms with Crippen LogP contribution in [0.15, 0.2) is 47.1 Å². The van der Waals surface area contributed by atoms with E-state index in [4.69, 9.17) is 16.3 Å². The molecule has 1 N–H and O–H groups in total. The van der Waals surface area contributed by atoms with Crippen molar-refractivity contribution in [3.05, 3.63) is 58.3 Å². The Morgan fingerprint density at radius 2 is 1.78 bits per heavy atom. The van der Waals surface area contributed by atoms with Gasteiger partial charge in [0.15, 0.2) is 21.2 Å². The largest absolute Gasteiger partial charge is 0.507 e. The van der Waals surface area contributed by atoms with Crippen molar-refractivity contribution in [2.45, 2.75) is 44.1 Å². The van der Waals surface area contributed by atoms with E-state index >= 15 is 0 Å². The van der Waals surface area contributed by atoms with Gasteiger partial charge >= 0.3 is 12.0 Å². The van der Waals surface area contributed by atoms with Crippen molar-refractivity contribution in [1.82, 2.24) is 9.80 Å². The van der Waals surface area contributed by atoms with Gasteiger partial charge in [-0.3, -0.25) is 0 Å². The van der Waals surface area contributed by atoms with E-state index in [1.807, 2.05) is 13.8 Å². The van der Waals surface area contributed by atoms with Crippen LogP contribution in [-0.2, 0) is 19.4 Å². The number of carbonyl (C=O) groups is 2. The molecular formula is C27H31ClN2O6S. The van der Waals surface area contributed by atoms with Crippen molar-refractivity contribution in [3.63, 3.8) is 0 Å². The van der Waals surface area contributed by atoms with Crippen LogP contribution in [-0.4, -0.2) is 73.4 Å². The summed E-state index contributed by atoms with van der Waals surface area (Å²) in [6.07, 6.45) is 1.73. The van der Waals surface area contributed by atoms with Gasteiger partial charge in [-0.05, 0) is 61.7 Å². The van der Waals surface area contributed by atoms with E-state index in [0.717, 1.165) is 6.26 Å². The monoisotopic (exact) mass is 546 g/mol. The molecule has 1 spiro atoms. The number of nitrogens with zero attached hydrogens (tertiary/aromatic N) is 2. The molecule has 198 valence electrons. The summed E-state index contributed by atoms with van der Waals surface area (Å²) in [6, 6.07) is 9.79. The van der Waals surface area contributed by atoms with Gasteiger partial charge < -0.3 is 19.6 Å². The van der Waals surface area contributed by atoms with E-state index in [1.165, 1.54) is 6.07 Å². The Labute approximate surface area is 222 Å². The molecule has 0 radical (unpaired) electrons. The number of aryl methyl sites for hydroxylation is 1. The zero-order valence-electron chi connectivity index (χ0n) is 21.4. The fourth-order valence-electron chi connectivity index (χ4n) is 5.00. The number of urea groups is 1. The number of sulfone groups is 1. The third-order valence-corrected chi connectivity index (χ3v) is 8.62. The lowest BCUT2D eigenvalue weighted by atomic mass is 9.86. The molecule has 4 rings (SSSR count). The second-order valence-electron chi connectivity index (χ2n) is 9.50. The number of benzene rings is 2. The fraction of sp³-hybridized carbons (Fsp3) is 0.407. The van der Waals surface area contributed by atoms with Crippen molar-refractivity contribution in [3.8, 4) is 11.1 Å². The van der Waals surface area contributed by atoms with E-state index < -0.39 is 21.4 Å². The quantitative estimate of drug-likeness (QED) is 0.538. The maximum Gasteiger partial charge on any atom is 0.343 e. The third kappa shape index (κ3) is 4.94. The van der Waals surface area contributed by atoms with Crippen molar-refractivity contribution in [2.75, 3.05) is 32.4 Å². The Bertz CT molecular complexity index is 1390. The lowest BCUT2D eigenvalue weighted by molar-refractivity contribution is -0.150. The van der Waals surface area contributed by atoms with Crippen LogP contribution in [0.5, 0.6) is 0 Å². The number of aliphatic hydroxyl groups excluding tert-OH is 1. The van der Waals surface area contributed by atoms with Gasteiger partial charge in [-0.2, -0.15) is 0 Å². The molecular weight excluding hydrogens is 516 g/mol. The molecule has 2 amide bonds. The van der Waals surface area contributed by atoms with Crippen LogP contribution in [0.25, 0.3) is 16.7 Å². The van der Waals surface area contributed by atoms with Crippen LogP contribution in [0.3, 0.4) is 0 Å². The molecule has 0 saturated carbocycles. The average molecular weight is 547 g/mol. The molecule has 2 aliphatic heterocycles. The first-order valence-electron chi connectivity index (χ1n) is 12.2. The van der Waals surface area contributed by atoms with E-state index in [2.05, 4.69) is 0 Å². The SMILES string of the molecule is CCN(CC)C(=O)N1CCC2(CC1)OC(=O)C(c1cc(Cl)c(-c3cccc(S(C)(=O)=O)c3)cc1C)=C2O. The number of hydrogen-bond donors (Lipinski definition) is 1. The molecule has 1 fully saturated rings. The Kier molecular flexibility index (Phi) is 7.32. The molecule has 8 nitrogen and oxygen atoms in total. The number of amides is 2. The number of ether oxygens (including phenoxy) is 1. The third-order valence-electron chi connectivity index (χ3n) is 7.19. The van der Waals surface area contributed by atoms with E-state index in [0.29, 0.717) is 66.3 Å². The molecule has 37 heavy (non-hydrogen) atoms. The fourth-order valence-corrected chi connectivity index (χ4v) is 5.94. The Morgan fingerprint density at radius 3 is 2.38 bits per heavy atom. The zero-order valence-corrected chi connectivity index (χ0v) is 22.9. The van der Waals surface area contributed by atoms with Crippen molar-refractivity contribution < 1.29 is 27.9 Å². The maximum atomic E-state index is 13.0. The lowest BCUT2D eigenvalue weighted by Gasteiger charge is -2.39. The molecule has 2 aromatic carbocycles. The zero-order chi connectivity index (χ0) is 27.1. The summed E-state index contributed by atoms with van der Waals surface area (Å²) in [6.45, 7) is 7.57. The number of aliphatic hydroxyl groups is 1. The standard InChI is InChI=1S/C27H31ClN2O6S/c1-5-29(6-2)26(33)30-12-10-27(11-13-30)24(31)23(25(32)36-27)20-16-22(28)21(14-17(20)3)18-8-7-9-19(15-18)37(4,34)35/h7-9,14-16,31H,5-6,10-13H2,1-4H3. The number of esters is 1. The molecule has 0 atom stereocenters. The number of likely N-dealkylation sites (tertiary alicyclic amines) is 1. The van der Waals surface area contributed by atoms with Crippen LogP contribution in [0.1, 0.15) is 37.8 Å². The molecule has 0 aromatic heterocycles. The second kappa shape index (κ2) is 10.0. The molecule has 2 heterocycles. The summed E-state index contributed by atoms with van der Waals surface area (Å²) in [5.74, 6) is -0.773. The van der Waals surface area contributed by atoms with Gasteiger partial charge in [0.1, 0.15) is 5.57 Å². The van der Waals surface area contributed by atoms with Gasteiger partial charge in [0, 0.05) is 55.9 Å². The van der Waals surface area contributed by atoms with Crippen molar-refractivity contribution in [1.29, 1.82) is 0 Å². The predicted molar refractivity (Wildman–Crippen MR) is 142 cm³/mol. The topological polar surface area (TPSA) is 104 Å². The highest BCUT2D eigenvalue weighted by Crippen LogP contribution is 2.45. The van der Waals surface area contributed by atoms with Crippen molar-refractivity contribution >= 4 is 39.0 Å². The summed E-state index contributed by atoms with van der Waals surface area (Å²) < 4.78 is 29.7. The summed E-state index contributed by atoms with van der Waals surface area (Å²) in [7, 11) is -3.40. The first-order chi connectivity index (χ1) is 17.4. The van der Waals surface area contributed by atoms with Crippen LogP contribution < -0.4 is 0 Å². The van der Waals surface area contributed by atoms with Gasteiger partial charge in [0.25, 0.3) is 0 Å². The first kappa shape index (κ1) is 27.0. The predicted octanol–water partition coefficient (Wildman–Crippen LogP) is 4.84. The van der Waals surface area contributed by atoms with Gasteiger partial charge in [0.05, 0.1) is 4.90 Å². The molecule has 10 heteroatoms. The van der Waals surface area contributed by atoms with Gasteiger partial charge in [0.2, 0.25) is 0 Å². The van der Waals surface area contributed by atoms with Crippen molar-refractivity contribution in [2.24, 2.45) is 0 Å². The number of hydrogen-bond acceptors (Lipinski definition) is 6. The summed E-state index contributed by atoms with van der Waals surface area (Å²) in [4.78, 5) is 29.4. The highest BCUT2D eigenvalue weighted by atomic mass is 35.5. The Morgan fingerprint density at radius 1 is 1.14 bits per heavy atom. The minimum atomic E-state index is -3.40. The molecule has 0 unspecified atom stereocenters. The summed E-state index contributed by atoms with van der Waals surface area (Å²) in [5, 5.41) is 11.6. The number of rotatable bonds is 5. The van der Waals surface area contributed by atoms with Gasteiger partial charge in [-0.25, -0.2) is 18.0 Å².